The van der Waals surface area contributed by atoms with E-state index in [0.29, 0.717) is 23.0 Å². The van der Waals surface area contributed by atoms with Crippen LogP contribution in [0, 0.1) is 0 Å². The fraction of sp³-hybridized carbons (Fsp3) is 0.412. The van der Waals surface area contributed by atoms with Crippen LogP contribution in [-0.2, 0) is 17.9 Å². The first kappa shape index (κ1) is 17.3. The lowest BCUT2D eigenvalue weighted by molar-refractivity contribution is -0.127. The first-order chi connectivity index (χ1) is 11.6. The largest absolute Gasteiger partial charge is 0.343 e. The molecule has 1 aromatic carbocycles. The van der Waals surface area contributed by atoms with E-state index in [0.717, 1.165) is 49.4 Å². The smallest absolute Gasteiger partial charge is 0.222 e. The van der Waals surface area contributed by atoms with Gasteiger partial charge in [-0.15, -0.1) is 0 Å². The van der Waals surface area contributed by atoms with E-state index in [2.05, 4.69) is 4.98 Å². The van der Waals surface area contributed by atoms with E-state index in [1.54, 1.807) is 18.5 Å². The maximum atomic E-state index is 11.7. The normalized spacial score (nSPS) is 14.6. The third kappa shape index (κ3) is 3.58. The summed E-state index contributed by atoms with van der Waals surface area (Å²) in [5.74, 6) is 0.258. The average molecular weight is 367 g/mol. The first-order valence-corrected chi connectivity index (χ1v) is 8.83. The molecule has 0 unspecified atom stereocenters. The Labute approximate surface area is 151 Å². The van der Waals surface area contributed by atoms with Gasteiger partial charge in [-0.1, -0.05) is 23.2 Å². The van der Waals surface area contributed by atoms with Gasteiger partial charge in [0.1, 0.15) is 0 Å². The molecule has 5 nitrogen and oxygen atoms in total. The van der Waals surface area contributed by atoms with Gasteiger partial charge in [-0.2, -0.15) is 0 Å². The summed E-state index contributed by atoms with van der Waals surface area (Å²) >= 11 is 12.2. The molecule has 7 heteroatoms. The Hall–Kier alpha value is -1.56. The van der Waals surface area contributed by atoms with Gasteiger partial charge in [0.15, 0.2) is 0 Å². The molecule has 1 aromatic heterocycles. The molecule has 0 radical (unpaired) electrons. The standard InChI is InChI=1S/C17H20Cl2N4O/c18-12-4-5-13(14(19)9-12)17-15(10-20)23(11-21-17)8-2-7-22-6-1-3-16(22)24/h4-5,9,11H,1-3,6-8,10,20H2. The van der Waals surface area contributed by atoms with Crippen LogP contribution >= 0.6 is 23.2 Å². The number of hydrogen-bond acceptors (Lipinski definition) is 3. The molecular formula is C17H20Cl2N4O. The van der Waals surface area contributed by atoms with Crippen LogP contribution in [0.25, 0.3) is 11.3 Å². The molecule has 1 saturated heterocycles. The Morgan fingerprint density at radius 3 is 2.75 bits per heavy atom. The number of benzene rings is 1. The summed E-state index contributed by atoms with van der Waals surface area (Å²) in [6.45, 7) is 2.79. The highest BCUT2D eigenvalue weighted by Gasteiger charge is 2.20. The summed E-state index contributed by atoms with van der Waals surface area (Å²) in [4.78, 5) is 18.1. The van der Waals surface area contributed by atoms with Crippen LogP contribution in [0.3, 0.4) is 0 Å². The van der Waals surface area contributed by atoms with Crippen molar-refractivity contribution >= 4 is 29.1 Å². The number of halogens is 2. The zero-order valence-electron chi connectivity index (χ0n) is 13.3. The maximum absolute atomic E-state index is 11.7. The molecule has 0 aliphatic carbocycles. The summed E-state index contributed by atoms with van der Waals surface area (Å²) in [7, 11) is 0. The molecule has 1 aliphatic heterocycles. The lowest BCUT2D eigenvalue weighted by Gasteiger charge is -2.16. The fourth-order valence-electron chi connectivity index (χ4n) is 3.09. The van der Waals surface area contributed by atoms with Crippen molar-refractivity contribution in [1.29, 1.82) is 0 Å². The lowest BCUT2D eigenvalue weighted by Crippen LogP contribution is -2.26. The Morgan fingerprint density at radius 1 is 1.25 bits per heavy atom. The minimum atomic E-state index is 0.258. The van der Waals surface area contributed by atoms with Gasteiger partial charge in [0.2, 0.25) is 5.91 Å². The summed E-state index contributed by atoms with van der Waals surface area (Å²) in [5.41, 5.74) is 8.49. The molecule has 1 fully saturated rings. The first-order valence-electron chi connectivity index (χ1n) is 8.07. The molecule has 0 spiro atoms. The van der Waals surface area contributed by atoms with Gasteiger partial charge >= 0.3 is 0 Å². The number of rotatable bonds is 6. The van der Waals surface area contributed by atoms with Crippen LogP contribution in [0.5, 0.6) is 0 Å². The van der Waals surface area contributed by atoms with E-state index >= 15 is 0 Å². The van der Waals surface area contributed by atoms with E-state index in [9.17, 15) is 4.79 Å². The molecule has 2 N–H and O–H groups in total. The zero-order chi connectivity index (χ0) is 17.1. The second-order valence-electron chi connectivity index (χ2n) is 5.90. The molecular weight excluding hydrogens is 347 g/mol. The second-order valence-corrected chi connectivity index (χ2v) is 6.74. The number of aromatic nitrogens is 2. The van der Waals surface area contributed by atoms with Crippen molar-refractivity contribution in [2.75, 3.05) is 13.1 Å². The second kappa shape index (κ2) is 7.55. The molecule has 2 aromatic rings. The number of carbonyl (C=O) groups excluding carboxylic acids is 1. The van der Waals surface area contributed by atoms with Crippen LogP contribution in [0.15, 0.2) is 24.5 Å². The van der Waals surface area contributed by atoms with Crippen molar-refractivity contribution in [1.82, 2.24) is 14.5 Å². The number of nitrogens with zero attached hydrogens (tertiary/aromatic N) is 3. The van der Waals surface area contributed by atoms with Crippen molar-refractivity contribution < 1.29 is 4.79 Å². The molecule has 1 amide bonds. The van der Waals surface area contributed by atoms with E-state index in [-0.39, 0.29) is 5.91 Å². The number of carbonyl (C=O) groups is 1. The highest BCUT2D eigenvalue weighted by molar-refractivity contribution is 6.36. The van der Waals surface area contributed by atoms with Gasteiger partial charge in [0.25, 0.3) is 0 Å². The number of imidazole rings is 1. The number of aryl methyl sites for hydroxylation is 1. The number of likely N-dealkylation sites (tertiary alicyclic amines) is 1. The van der Waals surface area contributed by atoms with Crippen molar-refractivity contribution in [3.63, 3.8) is 0 Å². The molecule has 3 rings (SSSR count). The predicted octanol–water partition coefficient (Wildman–Crippen LogP) is 3.33. The quantitative estimate of drug-likeness (QED) is 0.852. The number of nitrogens with two attached hydrogens (primary N) is 1. The Morgan fingerprint density at radius 2 is 2.08 bits per heavy atom. The van der Waals surface area contributed by atoms with Gasteiger partial charge < -0.3 is 15.2 Å². The minimum Gasteiger partial charge on any atom is -0.343 e. The van der Waals surface area contributed by atoms with Crippen LogP contribution in [-0.4, -0.2) is 33.4 Å². The van der Waals surface area contributed by atoms with Crippen LogP contribution in [0.1, 0.15) is 25.0 Å². The lowest BCUT2D eigenvalue weighted by atomic mass is 10.1. The highest BCUT2D eigenvalue weighted by atomic mass is 35.5. The maximum Gasteiger partial charge on any atom is 0.222 e. The predicted molar refractivity (Wildman–Crippen MR) is 96.0 cm³/mol. The zero-order valence-corrected chi connectivity index (χ0v) is 14.9. The third-order valence-corrected chi connectivity index (χ3v) is 4.87. The van der Waals surface area contributed by atoms with Crippen LogP contribution in [0.4, 0.5) is 0 Å². The van der Waals surface area contributed by atoms with Crippen LogP contribution < -0.4 is 5.73 Å². The fourth-order valence-corrected chi connectivity index (χ4v) is 3.59. The SMILES string of the molecule is NCc1c(-c2ccc(Cl)cc2Cl)ncn1CCCN1CCCC1=O. The molecule has 0 bridgehead atoms. The van der Waals surface area contributed by atoms with E-state index in [1.165, 1.54) is 0 Å². The number of amides is 1. The molecule has 24 heavy (non-hydrogen) atoms. The molecule has 2 heterocycles. The Bertz CT molecular complexity index is 744. The van der Waals surface area contributed by atoms with E-state index in [4.69, 9.17) is 28.9 Å². The van der Waals surface area contributed by atoms with Gasteiger partial charge in [0.05, 0.1) is 22.7 Å². The molecule has 1 aliphatic rings. The summed E-state index contributed by atoms with van der Waals surface area (Å²) < 4.78 is 2.04. The monoisotopic (exact) mass is 366 g/mol. The Balaban J connectivity index is 1.73. The van der Waals surface area contributed by atoms with Gasteiger partial charge in [-0.3, -0.25) is 4.79 Å². The highest BCUT2D eigenvalue weighted by Crippen LogP contribution is 2.31. The van der Waals surface area contributed by atoms with E-state index < -0.39 is 0 Å². The molecule has 0 atom stereocenters. The average Bonchev–Trinajstić information content (AvgIpc) is 3.14. The minimum absolute atomic E-state index is 0.258. The molecule has 128 valence electrons. The summed E-state index contributed by atoms with van der Waals surface area (Å²) in [5, 5.41) is 1.15. The third-order valence-electron chi connectivity index (χ3n) is 4.32. The summed E-state index contributed by atoms with van der Waals surface area (Å²) in [6, 6.07) is 5.36. The van der Waals surface area contributed by atoms with Gasteiger partial charge in [-0.05, 0) is 31.0 Å². The van der Waals surface area contributed by atoms with Crippen molar-refractivity contribution in [2.45, 2.75) is 32.4 Å². The van der Waals surface area contributed by atoms with Crippen molar-refractivity contribution in [3.8, 4) is 11.3 Å². The van der Waals surface area contributed by atoms with Crippen molar-refractivity contribution in [3.05, 3.63) is 40.3 Å². The van der Waals surface area contributed by atoms with Crippen LogP contribution in [0.2, 0.25) is 10.0 Å². The van der Waals surface area contributed by atoms with Gasteiger partial charge in [-0.25, -0.2) is 4.98 Å². The molecule has 0 saturated carbocycles. The number of hydrogen-bond donors (Lipinski definition) is 1. The van der Waals surface area contributed by atoms with Crippen molar-refractivity contribution in [2.24, 2.45) is 5.73 Å². The Kier molecular flexibility index (Phi) is 5.43. The van der Waals surface area contributed by atoms with Gasteiger partial charge in [0, 0.05) is 43.2 Å². The van der Waals surface area contributed by atoms with E-state index in [1.807, 2.05) is 15.5 Å². The topological polar surface area (TPSA) is 64.2 Å². The summed E-state index contributed by atoms with van der Waals surface area (Å²) in [6.07, 6.45) is 4.31.